The van der Waals surface area contributed by atoms with E-state index in [-0.39, 0.29) is 0 Å². The lowest BCUT2D eigenvalue weighted by Crippen LogP contribution is -2.22. The van der Waals surface area contributed by atoms with Crippen LogP contribution >= 0.6 is 0 Å². The molecular formula is C16H17N3O2. The maximum Gasteiger partial charge on any atom is 0.328 e. The molecule has 0 radical (unpaired) electrons. The molecule has 108 valence electrons. The summed E-state index contributed by atoms with van der Waals surface area (Å²) in [5, 5.41) is 8.73. The van der Waals surface area contributed by atoms with Crippen molar-refractivity contribution in [2.24, 2.45) is 0 Å². The first kappa shape index (κ1) is 14.7. The number of nitrogens with zero attached hydrogens (tertiary/aromatic N) is 3. The quantitative estimate of drug-likeness (QED) is 0.824. The van der Waals surface area contributed by atoms with Crippen molar-refractivity contribution in [1.29, 1.82) is 0 Å². The fourth-order valence-corrected chi connectivity index (χ4v) is 1.95. The summed E-state index contributed by atoms with van der Waals surface area (Å²) in [6.45, 7) is 0.752. The lowest BCUT2D eigenvalue weighted by atomic mass is 10.2. The van der Waals surface area contributed by atoms with Gasteiger partial charge < -0.3 is 10.0 Å². The number of carbonyl (C=O) groups is 1. The Morgan fingerprint density at radius 3 is 2.76 bits per heavy atom. The summed E-state index contributed by atoms with van der Waals surface area (Å²) >= 11 is 0. The van der Waals surface area contributed by atoms with Gasteiger partial charge in [-0.25, -0.2) is 9.78 Å². The van der Waals surface area contributed by atoms with Crippen LogP contribution in [0.5, 0.6) is 0 Å². The highest BCUT2D eigenvalue weighted by atomic mass is 16.4. The van der Waals surface area contributed by atoms with Gasteiger partial charge in [-0.2, -0.15) is 0 Å². The molecule has 0 aliphatic heterocycles. The van der Waals surface area contributed by atoms with Crippen LogP contribution in [0.25, 0.3) is 6.08 Å². The van der Waals surface area contributed by atoms with Gasteiger partial charge in [0, 0.05) is 49.7 Å². The van der Waals surface area contributed by atoms with Crippen LogP contribution in [0.2, 0.25) is 0 Å². The summed E-state index contributed by atoms with van der Waals surface area (Å²) in [5.41, 5.74) is 1.80. The average Bonchev–Trinajstić information content (AvgIpc) is 2.52. The van der Waals surface area contributed by atoms with Gasteiger partial charge in [-0.3, -0.25) is 4.98 Å². The number of aliphatic carboxylic acids is 1. The zero-order valence-corrected chi connectivity index (χ0v) is 11.8. The van der Waals surface area contributed by atoms with Crippen LogP contribution in [0.3, 0.4) is 0 Å². The normalized spacial score (nSPS) is 10.7. The summed E-state index contributed by atoms with van der Waals surface area (Å²) in [6.07, 6.45) is 6.95. The molecule has 2 rings (SSSR count). The Kier molecular flexibility index (Phi) is 5.04. The molecule has 1 N–H and O–H groups in total. The maximum atomic E-state index is 10.6. The molecule has 0 fully saturated rings. The van der Waals surface area contributed by atoms with Crippen LogP contribution < -0.4 is 4.90 Å². The van der Waals surface area contributed by atoms with Gasteiger partial charge in [0.25, 0.3) is 0 Å². The molecule has 0 saturated heterocycles. The number of likely N-dealkylation sites (N-methyl/N-ethyl adjacent to an activating group) is 1. The lowest BCUT2D eigenvalue weighted by Gasteiger charge is -2.19. The molecule has 5 nitrogen and oxygen atoms in total. The number of aromatic nitrogens is 2. The van der Waals surface area contributed by atoms with Gasteiger partial charge in [0.05, 0.1) is 0 Å². The van der Waals surface area contributed by atoms with Crippen molar-refractivity contribution in [3.63, 3.8) is 0 Å². The minimum atomic E-state index is -0.971. The Morgan fingerprint density at radius 1 is 1.24 bits per heavy atom. The predicted octanol–water partition coefficient (Wildman–Crippen LogP) is 2.25. The molecule has 0 aliphatic rings. The highest BCUT2D eigenvalue weighted by Crippen LogP contribution is 2.17. The molecule has 0 spiro atoms. The first-order valence-corrected chi connectivity index (χ1v) is 6.64. The zero-order valence-electron chi connectivity index (χ0n) is 11.8. The van der Waals surface area contributed by atoms with E-state index < -0.39 is 5.97 Å². The smallest absolute Gasteiger partial charge is 0.328 e. The van der Waals surface area contributed by atoms with E-state index in [1.165, 1.54) is 0 Å². The molecule has 21 heavy (non-hydrogen) atoms. The monoisotopic (exact) mass is 283 g/mol. The van der Waals surface area contributed by atoms with Crippen molar-refractivity contribution < 1.29 is 9.90 Å². The molecule has 0 bridgehead atoms. The number of hydrogen-bond donors (Lipinski definition) is 1. The van der Waals surface area contributed by atoms with E-state index in [9.17, 15) is 4.79 Å². The second-order valence-corrected chi connectivity index (χ2v) is 4.58. The zero-order chi connectivity index (χ0) is 15.1. The van der Waals surface area contributed by atoms with Gasteiger partial charge in [0.15, 0.2) is 0 Å². The van der Waals surface area contributed by atoms with Crippen LogP contribution in [0.15, 0.2) is 48.8 Å². The van der Waals surface area contributed by atoms with E-state index in [0.717, 1.165) is 36.1 Å². The van der Waals surface area contributed by atoms with Crippen molar-refractivity contribution >= 4 is 17.9 Å². The fourth-order valence-electron chi connectivity index (χ4n) is 1.95. The topological polar surface area (TPSA) is 66.3 Å². The van der Waals surface area contributed by atoms with Crippen LogP contribution in [-0.4, -0.2) is 34.6 Å². The SMILES string of the molecule is CN(CCc1ccccn1)c1ncccc1/C=C/C(=O)O. The Bertz CT molecular complexity index is 626. The Labute approximate surface area is 123 Å². The summed E-state index contributed by atoms with van der Waals surface area (Å²) in [4.78, 5) is 21.2. The Hall–Kier alpha value is -2.69. The molecule has 2 aromatic heterocycles. The maximum absolute atomic E-state index is 10.6. The van der Waals surface area contributed by atoms with Crippen molar-refractivity contribution in [2.75, 3.05) is 18.5 Å². The van der Waals surface area contributed by atoms with E-state index in [1.807, 2.05) is 36.2 Å². The second-order valence-electron chi connectivity index (χ2n) is 4.58. The molecule has 5 heteroatoms. The van der Waals surface area contributed by atoms with Crippen molar-refractivity contribution in [1.82, 2.24) is 9.97 Å². The third kappa shape index (κ3) is 4.42. The molecule has 0 aliphatic carbocycles. The first-order valence-electron chi connectivity index (χ1n) is 6.64. The van der Waals surface area contributed by atoms with Crippen LogP contribution in [0.1, 0.15) is 11.3 Å². The van der Waals surface area contributed by atoms with E-state index in [4.69, 9.17) is 5.11 Å². The molecule has 0 saturated carbocycles. The van der Waals surface area contributed by atoms with E-state index in [1.54, 1.807) is 24.5 Å². The lowest BCUT2D eigenvalue weighted by molar-refractivity contribution is -0.131. The van der Waals surface area contributed by atoms with Gasteiger partial charge in [-0.15, -0.1) is 0 Å². The highest BCUT2D eigenvalue weighted by molar-refractivity contribution is 5.86. The fraction of sp³-hybridized carbons (Fsp3) is 0.188. The number of hydrogen-bond acceptors (Lipinski definition) is 4. The average molecular weight is 283 g/mol. The van der Waals surface area contributed by atoms with E-state index in [0.29, 0.717) is 0 Å². The van der Waals surface area contributed by atoms with Crippen molar-refractivity contribution in [3.05, 3.63) is 60.1 Å². The summed E-state index contributed by atoms with van der Waals surface area (Å²) in [5.74, 6) is -0.216. The standard InChI is InChI=1S/C16H17N3O2/c1-19(12-9-14-6-2-3-10-17-14)16-13(5-4-11-18-16)7-8-15(20)21/h2-8,10-11H,9,12H2,1H3,(H,20,21)/b8-7+. The van der Waals surface area contributed by atoms with Gasteiger partial charge in [0.1, 0.15) is 5.82 Å². The van der Waals surface area contributed by atoms with Gasteiger partial charge in [-0.05, 0) is 30.3 Å². The summed E-state index contributed by atoms with van der Waals surface area (Å²) in [7, 11) is 1.93. The molecule has 0 amide bonds. The van der Waals surface area contributed by atoms with Crippen molar-refractivity contribution in [3.8, 4) is 0 Å². The van der Waals surface area contributed by atoms with E-state index in [2.05, 4.69) is 9.97 Å². The molecule has 0 atom stereocenters. The van der Waals surface area contributed by atoms with Crippen LogP contribution in [0.4, 0.5) is 5.82 Å². The Morgan fingerprint density at radius 2 is 2.05 bits per heavy atom. The molecule has 0 aromatic carbocycles. The third-order valence-electron chi connectivity index (χ3n) is 3.01. The molecular weight excluding hydrogens is 266 g/mol. The highest BCUT2D eigenvalue weighted by Gasteiger charge is 2.07. The molecule has 2 heterocycles. The van der Waals surface area contributed by atoms with Crippen LogP contribution in [-0.2, 0) is 11.2 Å². The van der Waals surface area contributed by atoms with Gasteiger partial charge in [0.2, 0.25) is 0 Å². The minimum Gasteiger partial charge on any atom is -0.478 e. The predicted molar refractivity (Wildman–Crippen MR) is 82.1 cm³/mol. The van der Waals surface area contributed by atoms with Crippen LogP contribution in [0, 0.1) is 0 Å². The van der Waals surface area contributed by atoms with Gasteiger partial charge >= 0.3 is 5.97 Å². The van der Waals surface area contributed by atoms with Gasteiger partial charge in [-0.1, -0.05) is 6.07 Å². The summed E-state index contributed by atoms with van der Waals surface area (Å²) < 4.78 is 0. The second kappa shape index (κ2) is 7.19. The Balaban J connectivity index is 2.08. The molecule has 2 aromatic rings. The minimum absolute atomic E-state index is 0.752. The number of anilines is 1. The van der Waals surface area contributed by atoms with E-state index >= 15 is 0 Å². The number of rotatable bonds is 6. The number of carboxylic acids is 1. The third-order valence-corrected chi connectivity index (χ3v) is 3.01. The van der Waals surface area contributed by atoms with Crippen molar-refractivity contribution in [2.45, 2.75) is 6.42 Å². The largest absolute Gasteiger partial charge is 0.478 e. The number of carboxylic acid groups (broad SMARTS) is 1. The summed E-state index contributed by atoms with van der Waals surface area (Å²) in [6, 6.07) is 9.47. The first-order chi connectivity index (χ1) is 10.2. The molecule has 0 unspecified atom stereocenters. The number of pyridine rings is 2.